The number of nitrogens with zero attached hydrogens (tertiary/aromatic N) is 2. The van der Waals surface area contributed by atoms with Crippen LogP contribution in [0.2, 0.25) is 0 Å². The maximum atomic E-state index is 12.6. The highest BCUT2D eigenvalue weighted by molar-refractivity contribution is 7.07. The second kappa shape index (κ2) is 7.95. The van der Waals surface area contributed by atoms with Crippen molar-refractivity contribution in [3.05, 3.63) is 52.2 Å². The largest absolute Gasteiger partial charge is 0.309 e. The lowest BCUT2D eigenvalue weighted by molar-refractivity contribution is -0.119. The molecule has 1 aromatic carbocycles. The summed E-state index contributed by atoms with van der Waals surface area (Å²) in [7, 11) is 0. The molecule has 3 nitrogen and oxygen atoms in total. The number of hydrogen-bond donors (Lipinski definition) is 0. The molecule has 1 aromatic heterocycles. The Hall–Kier alpha value is -1.65. The van der Waals surface area contributed by atoms with E-state index >= 15 is 0 Å². The van der Waals surface area contributed by atoms with Gasteiger partial charge >= 0.3 is 0 Å². The topological polar surface area (TPSA) is 23.6 Å². The first kappa shape index (κ1) is 17.2. The van der Waals surface area contributed by atoms with Gasteiger partial charge in [-0.1, -0.05) is 19.1 Å². The molecule has 0 unspecified atom stereocenters. The molecule has 1 amide bonds. The molecule has 0 aliphatic carbocycles. The maximum Gasteiger partial charge on any atom is 0.226 e. The number of benzene rings is 1. The van der Waals surface area contributed by atoms with Gasteiger partial charge in [-0.05, 0) is 59.9 Å². The number of aryl methyl sites for hydroxylation is 1. The summed E-state index contributed by atoms with van der Waals surface area (Å²) in [4.78, 5) is 17.1. The zero-order valence-electron chi connectivity index (χ0n) is 14.6. The minimum atomic E-state index is 0.233. The smallest absolute Gasteiger partial charge is 0.226 e. The van der Waals surface area contributed by atoms with Crippen molar-refractivity contribution in [2.75, 3.05) is 18.0 Å². The van der Waals surface area contributed by atoms with Gasteiger partial charge in [0.2, 0.25) is 5.91 Å². The van der Waals surface area contributed by atoms with Crippen LogP contribution >= 0.6 is 11.3 Å². The highest BCUT2D eigenvalue weighted by Gasteiger charge is 2.28. The summed E-state index contributed by atoms with van der Waals surface area (Å²) in [5, 5.41) is 4.37. The van der Waals surface area contributed by atoms with Gasteiger partial charge in [-0.25, -0.2) is 0 Å². The highest BCUT2D eigenvalue weighted by atomic mass is 32.1. The van der Waals surface area contributed by atoms with Crippen LogP contribution in [0.1, 0.15) is 37.3 Å². The number of hydrogen-bond acceptors (Lipinski definition) is 3. The molecule has 2 heterocycles. The summed E-state index contributed by atoms with van der Waals surface area (Å²) in [6.45, 7) is 7.18. The van der Waals surface area contributed by atoms with E-state index in [1.165, 1.54) is 11.1 Å². The fraction of sp³-hybridized carbons (Fsp3) is 0.450. The summed E-state index contributed by atoms with van der Waals surface area (Å²) < 4.78 is 0. The van der Waals surface area contributed by atoms with Gasteiger partial charge in [-0.2, -0.15) is 11.3 Å². The van der Waals surface area contributed by atoms with Crippen LogP contribution in [0.3, 0.4) is 0 Å². The van der Waals surface area contributed by atoms with Gasteiger partial charge in [-0.15, -0.1) is 0 Å². The number of thiophene rings is 1. The molecule has 1 fully saturated rings. The van der Waals surface area contributed by atoms with E-state index < -0.39 is 0 Å². The van der Waals surface area contributed by atoms with E-state index in [1.54, 1.807) is 11.3 Å². The number of anilines is 1. The molecule has 1 aliphatic heterocycles. The van der Waals surface area contributed by atoms with Crippen molar-refractivity contribution in [2.24, 2.45) is 0 Å². The van der Waals surface area contributed by atoms with E-state index in [0.29, 0.717) is 12.5 Å². The molecule has 128 valence electrons. The van der Waals surface area contributed by atoms with Gasteiger partial charge in [0, 0.05) is 37.8 Å². The average molecular weight is 343 g/mol. The lowest BCUT2D eigenvalue weighted by atomic mass is 10.0. The van der Waals surface area contributed by atoms with Crippen molar-refractivity contribution >= 4 is 22.9 Å². The molecule has 0 bridgehead atoms. The maximum absolute atomic E-state index is 12.6. The van der Waals surface area contributed by atoms with Crippen molar-refractivity contribution in [3.63, 3.8) is 0 Å². The van der Waals surface area contributed by atoms with E-state index in [-0.39, 0.29) is 5.91 Å². The van der Waals surface area contributed by atoms with Gasteiger partial charge in [0.05, 0.1) is 0 Å². The molecule has 0 atom stereocenters. The van der Waals surface area contributed by atoms with Gasteiger partial charge in [0.25, 0.3) is 0 Å². The summed E-state index contributed by atoms with van der Waals surface area (Å²) in [5.41, 5.74) is 3.66. The summed E-state index contributed by atoms with van der Waals surface area (Å²) in [6.07, 6.45) is 2.65. The first-order chi connectivity index (χ1) is 11.7. The quantitative estimate of drug-likeness (QED) is 0.801. The lowest BCUT2D eigenvalue weighted by Crippen LogP contribution is -2.47. The van der Waals surface area contributed by atoms with Crippen LogP contribution < -0.4 is 4.90 Å². The molecular formula is C20H26N2OS. The van der Waals surface area contributed by atoms with Crippen molar-refractivity contribution in [3.8, 4) is 0 Å². The minimum Gasteiger partial charge on any atom is -0.309 e. The third kappa shape index (κ3) is 4.05. The fourth-order valence-corrected chi connectivity index (χ4v) is 4.14. The fourth-order valence-electron chi connectivity index (χ4n) is 3.48. The second-order valence-corrected chi connectivity index (χ2v) is 7.38. The van der Waals surface area contributed by atoms with Gasteiger partial charge in [-0.3, -0.25) is 9.69 Å². The molecule has 1 aliphatic rings. The van der Waals surface area contributed by atoms with Crippen LogP contribution in [0.15, 0.2) is 41.1 Å². The van der Waals surface area contributed by atoms with Crippen LogP contribution in [0, 0.1) is 6.92 Å². The van der Waals surface area contributed by atoms with Crippen molar-refractivity contribution < 1.29 is 4.79 Å². The number of likely N-dealkylation sites (tertiary alicyclic amines) is 1. The summed E-state index contributed by atoms with van der Waals surface area (Å²) in [5.74, 6) is 0.233. The van der Waals surface area contributed by atoms with Crippen LogP contribution in [0.4, 0.5) is 5.69 Å². The van der Waals surface area contributed by atoms with Crippen molar-refractivity contribution in [1.82, 2.24) is 4.90 Å². The zero-order chi connectivity index (χ0) is 16.9. The van der Waals surface area contributed by atoms with E-state index in [2.05, 4.69) is 51.7 Å². The average Bonchev–Trinajstić information content (AvgIpc) is 3.09. The summed E-state index contributed by atoms with van der Waals surface area (Å²) >= 11 is 1.76. The Morgan fingerprint density at radius 2 is 2.08 bits per heavy atom. The molecule has 3 rings (SSSR count). The second-order valence-electron chi connectivity index (χ2n) is 6.60. The van der Waals surface area contributed by atoms with E-state index in [0.717, 1.165) is 38.2 Å². The minimum absolute atomic E-state index is 0.233. The number of rotatable bonds is 5. The predicted octanol–water partition coefficient (Wildman–Crippen LogP) is 4.46. The molecule has 0 spiro atoms. The van der Waals surface area contributed by atoms with E-state index in [1.807, 2.05) is 13.0 Å². The Labute approximate surface area is 148 Å². The number of carbonyl (C=O) groups excluding carboxylic acids is 1. The Bertz CT molecular complexity index is 660. The molecule has 24 heavy (non-hydrogen) atoms. The van der Waals surface area contributed by atoms with Crippen LogP contribution in [-0.2, 0) is 11.3 Å². The van der Waals surface area contributed by atoms with Gasteiger partial charge < -0.3 is 4.90 Å². The standard InChI is InChI=1S/C20H26N2OS/c1-3-20(23)22(19-6-4-5-16(2)13-19)18-7-10-21(11-8-18)14-17-9-12-24-15-17/h4-6,9,12-13,15,18H,3,7-8,10-11,14H2,1-2H3. The van der Waals surface area contributed by atoms with E-state index in [9.17, 15) is 4.79 Å². The predicted molar refractivity (Wildman–Crippen MR) is 102 cm³/mol. The number of carbonyl (C=O) groups is 1. The first-order valence-electron chi connectivity index (χ1n) is 8.79. The van der Waals surface area contributed by atoms with Gasteiger partial charge in [0.15, 0.2) is 0 Å². The Kier molecular flexibility index (Phi) is 5.69. The third-order valence-electron chi connectivity index (χ3n) is 4.76. The van der Waals surface area contributed by atoms with Crippen LogP contribution in [0.5, 0.6) is 0 Å². The van der Waals surface area contributed by atoms with Crippen molar-refractivity contribution in [2.45, 2.75) is 45.7 Å². The highest BCUT2D eigenvalue weighted by Crippen LogP contribution is 2.26. The zero-order valence-corrected chi connectivity index (χ0v) is 15.4. The van der Waals surface area contributed by atoms with Crippen LogP contribution in [0.25, 0.3) is 0 Å². The monoisotopic (exact) mass is 342 g/mol. The van der Waals surface area contributed by atoms with E-state index in [4.69, 9.17) is 0 Å². The molecule has 1 saturated heterocycles. The number of amides is 1. The Morgan fingerprint density at radius 3 is 2.71 bits per heavy atom. The molecule has 0 radical (unpaired) electrons. The molecule has 0 N–H and O–H groups in total. The third-order valence-corrected chi connectivity index (χ3v) is 5.49. The molecule has 2 aromatic rings. The Balaban J connectivity index is 1.68. The first-order valence-corrected chi connectivity index (χ1v) is 9.74. The SMILES string of the molecule is CCC(=O)N(c1cccc(C)c1)C1CCN(Cc2ccsc2)CC1. The normalized spacial score (nSPS) is 16.2. The molecule has 4 heteroatoms. The Morgan fingerprint density at radius 1 is 1.29 bits per heavy atom. The summed E-state index contributed by atoms with van der Waals surface area (Å²) in [6, 6.07) is 10.9. The van der Waals surface area contributed by atoms with Crippen LogP contribution in [-0.4, -0.2) is 29.9 Å². The molecular weight excluding hydrogens is 316 g/mol. The van der Waals surface area contributed by atoms with Gasteiger partial charge in [0.1, 0.15) is 0 Å². The molecule has 0 saturated carbocycles. The number of piperidine rings is 1. The lowest BCUT2D eigenvalue weighted by Gasteiger charge is -2.38. The van der Waals surface area contributed by atoms with Crippen molar-refractivity contribution in [1.29, 1.82) is 0 Å².